The third kappa shape index (κ3) is 2.30. The van der Waals surface area contributed by atoms with Gasteiger partial charge in [0.15, 0.2) is 0 Å². The van der Waals surface area contributed by atoms with Crippen molar-refractivity contribution >= 4 is 0 Å². The largest absolute Gasteiger partial charge is 0.316 e. The van der Waals surface area contributed by atoms with Gasteiger partial charge in [-0.25, -0.2) is 0 Å². The van der Waals surface area contributed by atoms with E-state index in [1.807, 2.05) is 13.0 Å². The molecule has 1 rings (SSSR count). The predicted molar refractivity (Wildman–Crippen MR) is 51.8 cm³/mol. The van der Waals surface area contributed by atoms with Gasteiger partial charge in [0.05, 0.1) is 6.17 Å². The van der Waals surface area contributed by atoms with Crippen LogP contribution in [0.15, 0.2) is 12.7 Å². The highest BCUT2D eigenvalue weighted by Crippen LogP contribution is 2.09. The Morgan fingerprint density at radius 2 is 2.58 bits per heavy atom. The summed E-state index contributed by atoms with van der Waals surface area (Å²) in [5.74, 6) is 0. The van der Waals surface area contributed by atoms with Gasteiger partial charge < -0.3 is 11.1 Å². The third-order valence-electron chi connectivity index (χ3n) is 2.36. The number of hydrogen-bond acceptors (Lipinski definition) is 3. The van der Waals surface area contributed by atoms with E-state index in [1.54, 1.807) is 0 Å². The van der Waals surface area contributed by atoms with E-state index >= 15 is 0 Å². The molecule has 0 aromatic heterocycles. The van der Waals surface area contributed by atoms with E-state index in [9.17, 15) is 0 Å². The molecule has 0 saturated carbocycles. The minimum atomic E-state index is 0.164. The second-order valence-corrected chi connectivity index (χ2v) is 3.36. The van der Waals surface area contributed by atoms with Gasteiger partial charge in [-0.1, -0.05) is 6.08 Å². The molecule has 1 saturated heterocycles. The van der Waals surface area contributed by atoms with E-state index in [0.29, 0.717) is 6.04 Å². The lowest BCUT2D eigenvalue weighted by Gasteiger charge is -2.38. The molecule has 12 heavy (non-hydrogen) atoms. The molecule has 1 fully saturated rings. The smallest absolute Gasteiger partial charge is 0.0546 e. The van der Waals surface area contributed by atoms with Gasteiger partial charge >= 0.3 is 0 Å². The van der Waals surface area contributed by atoms with Crippen LogP contribution in [-0.2, 0) is 0 Å². The molecule has 3 heteroatoms. The van der Waals surface area contributed by atoms with Crippen molar-refractivity contribution in [2.75, 3.05) is 19.6 Å². The first-order valence-electron chi connectivity index (χ1n) is 4.58. The normalized spacial score (nSPS) is 28.3. The van der Waals surface area contributed by atoms with Crippen LogP contribution >= 0.6 is 0 Å². The van der Waals surface area contributed by atoms with Gasteiger partial charge in [-0.05, 0) is 13.3 Å². The van der Waals surface area contributed by atoms with Crippen LogP contribution in [0.3, 0.4) is 0 Å². The maximum absolute atomic E-state index is 5.85. The summed E-state index contributed by atoms with van der Waals surface area (Å²) in [4.78, 5) is 2.33. The molecule has 1 aliphatic rings. The quantitative estimate of drug-likeness (QED) is 0.591. The van der Waals surface area contributed by atoms with E-state index in [0.717, 1.165) is 26.1 Å². The molecule has 0 radical (unpaired) electrons. The molecule has 70 valence electrons. The fraction of sp³-hybridized carbons (Fsp3) is 0.778. The first-order chi connectivity index (χ1) is 5.75. The summed E-state index contributed by atoms with van der Waals surface area (Å²) in [5, 5.41) is 3.36. The molecule has 0 aromatic carbocycles. The van der Waals surface area contributed by atoms with E-state index in [2.05, 4.69) is 16.8 Å². The second-order valence-electron chi connectivity index (χ2n) is 3.36. The molecule has 2 unspecified atom stereocenters. The van der Waals surface area contributed by atoms with E-state index in [1.165, 1.54) is 0 Å². The molecule has 0 bridgehead atoms. The average molecular weight is 169 g/mol. The summed E-state index contributed by atoms with van der Waals surface area (Å²) in [5.41, 5.74) is 5.85. The topological polar surface area (TPSA) is 41.3 Å². The lowest BCUT2D eigenvalue weighted by molar-refractivity contribution is 0.119. The zero-order valence-electron chi connectivity index (χ0n) is 7.79. The number of rotatable bonds is 3. The predicted octanol–water partition coefficient (Wildman–Crippen LogP) is 0.141. The summed E-state index contributed by atoms with van der Waals surface area (Å²) >= 11 is 0. The minimum Gasteiger partial charge on any atom is -0.316 e. The number of piperazine rings is 1. The highest BCUT2D eigenvalue weighted by atomic mass is 15.3. The highest BCUT2D eigenvalue weighted by Gasteiger charge is 2.22. The SMILES string of the molecule is C=CCC1CNCCN1C(C)N. The van der Waals surface area contributed by atoms with Crippen LogP contribution in [-0.4, -0.2) is 36.7 Å². The Balaban J connectivity index is 2.47. The van der Waals surface area contributed by atoms with Crippen LogP contribution in [0, 0.1) is 0 Å². The van der Waals surface area contributed by atoms with Gasteiger partial charge in [0, 0.05) is 25.7 Å². The molecule has 3 nitrogen and oxygen atoms in total. The van der Waals surface area contributed by atoms with Gasteiger partial charge in [0.25, 0.3) is 0 Å². The van der Waals surface area contributed by atoms with Crippen LogP contribution in [0.1, 0.15) is 13.3 Å². The molecule has 0 aromatic rings. The highest BCUT2D eigenvalue weighted by molar-refractivity contribution is 4.86. The summed E-state index contributed by atoms with van der Waals surface area (Å²) in [7, 11) is 0. The number of nitrogens with one attached hydrogen (secondary N) is 1. The number of nitrogens with two attached hydrogens (primary N) is 1. The summed E-state index contributed by atoms with van der Waals surface area (Å²) in [6.07, 6.45) is 3.15. The number of hydrogen-bond donors (Lipinski definition) is 2. The van der Waals surface area contributed by atoms with Gasteiger partial charge in [0.1, 0.15) is 0 Å². The van der Waals surface area contributed by atoms with E-state index < -0.39 is 0 Å². The molecule has 1 heterocycles. The molecule has 1 aliphatic heterocycles. The van der Waals surface area contributed by atoms with Crippen LogP contribution < -0.4 is 11.1 Å². The molecule has 0 amide bonds. The van der Waals surface area contributed by atoms with Crippen molar-refractivity contribution in [3.05, 3.63) is 12.7 Å². The minimum absolute atomic E-state index is 0.164. The first kappa shape index (κ1) is 9.71. The monoisotopic (exact) mass is 169 g/mol. The van der Waals surface area contributed by atoms with Crippen LogP contribution in [0.5, 0.6) is 0 Å². The fourth-order valence-corrected chi connectivity index (χ4v) is 1.72. The van der Waals surface area contributed by atoms with Crippen molar-refractivity contribution in [1.29, 1.82) is 0 Å². The van der Waals surface area contributed by atoms with E-state index in [-0.39, 0.29) is 6.17 Å². The molecule has 3 N–H and O–H groups in total. The first-order valence-corrected chi connectivity index (χ1v) is 4.58. The molecule has 0 aliphatic carbocycles. The Hall–Kier alpha value is -0.380. The Kier molecular flexibility index (Phi) is 3.72. The van der Waals surface area contributed by atoms with Crippen LogP contribution in [0.25, 0.3) is 0 Å². The van der Waals surface area contributed by atoms with Crippen molar-refractivity contribution in [1.82, 2.24) is 10.2 Å². The van der Waals surface area contributed by atoms with Gasteiger partial charge in [-0.2, -0.15) is 0 Å². The Morgan fingerprint density at radius 1 is 1.83 bits per heavy atom. The van der Waals surface area contributed by atoms with Gasteiger partial charge in [-0.15, -0.1) is 6.58 Å². The van der Waals surface area contributed by atoms with Crippen LogP contribution in [0.4, 0.5) is 0 Å². The van der Waals surface area contributed by atoms with Gasteiger partial charge in [-0.3, -0.25) is 4.90 Å². The lowest BCUT2D eigenvalue weighted by Crippen LogP contribution is -2.56. The van der Waals surface area contributed by atoms with Gasteiger partial charge in [0.2, 0.25) is 0 Å². The molecular weight excluding hydrogens is 150 g/mol. The Bertz CT molecular complexity index is 145. The number of nitrogens with zero attached hydrogens (tertiary/aromatic N) is 1. The second kappa shape index (κ2) is 4.60. The molecule has 0 spiro atoms. The fourth-order valence-electron chi connectivity index (χ4n) is 1.72. The van der Waals surface area contributed by atoms with Crippen molar-refractivity contribution in [3.63, 3.8) is 0 Å². The summed E-state index contributed by atoms with van der Waals surface area (Å²) < 4.78 is 0. The van der Waals surface area contributed by atoms with E-state index in [4.69, 9.17) is 5.73 Å². The Morgan fingerprint density at radius 3 is 3.17 bits per heavy atom. The summed E-state index contributed by atoms with van der Waals surface area (Å²) in [6.45, 7) is 8.93. The maximum Gasteiger partial charge on any atom is 0.0546 e. The van der Waals surface area contributed by atoms with Crippen molar-refractivity contribution in [2.45, 2.75) is 25.6 Å². The standard InChI is InChI=1S/C9H19N3/c1-3-4-9-7-11-5-6-12(9)8(2)10/h3,8-9,11H,1,4-7,10H2,2H3. The van der Waals surface area contributed by atoms with Crippen molar-refractivity contribution in [2.24, 2.45) is 5.73 Å². The molecular formula is C9H19N3. The van der Waals surface area contributed by atoms with Crippen LogP contribution in [0.2, 0.25) is 0 Å². The lowest BCUT2D eigenvalue weighted by atomic mass is 10.1. The van der Waals surface area contributed by atoms with Crippen molar-refractivity contribution < 1.29 is 0 Å². The third-order valence-corrected chi connectivity index (χ3v) is 2.36. The van der Waals surface area contributed by atoms with Crippen molar-refractivity contribution in [3.8, 4) is 0 Å². The molecule has 2 atom stereocenters. The summed E-state index contributed by atoms with van der Waals surface area (Å²) in [6, 6.07) is 0.538. The zero-order valence-corrected chi connectivity index (χ0v) is 7.79. The maximum atomic E-state index is 5.85. The average Bonchev–Trinajstić information content (AvgIpc) is 2.05. The Labute approximate surface area is 74.6 Å². The zero-order chi connectivity index (χ0) is 8.97.